The number of para-hydroxylation sites is 1. The molecule has 29 heavy (non-hydrogen) atoms. The zero-order valence-corrected chi connectivity index (χ0v) is 16.0. The highest BCUT2D eigenvalue weighted by molar-refractivity contribution is 6.28. The number of halogens is 1. The van der Waals surface area contributed by atoms with Crippen LogP contribution in [0.3, 0.4) is 0 Å². The van der Waals surface area contributed by atoms with E-state index in [0.29, 0.717) is 30.1 Å². The van der Waals surface area contributed by atoms with Crippen molar-refractivity contribution in [3.05, 3.63) is 41.9 Å². The number of ether oxygens (including phenoxy) is 2. The molecule has 1 aliphatic rings. The second-order valence-corrected chi connectivity index (χ2v) is 6.82. The molecule has 3 aromatic rings. The normalized spacial score (nSPS) is 24.1. The van der Waals surface area contributed by atoms with Crippen LogP contribution in [0.5, 0.6) is 5.75 Å². The van der Waals surface area contributed by atoms with Gasteiger partial charge < -0.3 is 30.1 Å². The van der Waals surface area contributed by atoms with E-state index in [0.717, 1.165) is 5.75 Å². The average Bonchev–Trinajstić information content (AvgIpc) is 3.27. The maximum atomic E-state index is 10.3. The van der Waals surface area contributed by atoms with Crippen molar-refractivity contribution in [3.8, 4) is 5.75 Å². The van der Waals surface area contributed by atoms with Crippen molar-refractivity contribution in [2.45, 2.75) is 24.5 Å². The lowest BCUT2D eigenvalue weighted by Crippen LogP contribution is -2.33. The van der Waals surface area contributed by atoms with Crippen LogP contribution in [-0.4, -0.2) is 72.9 Å². The summed E-state index contributed by atoms with van der Waals surface area (Å²) in [6.45, 7) is 0.409. The smallest absolute Gasteiger partial charge is 0.226 e. The molecule has 0 saturated carbocycles. The van der Waals surface area contributed by atoms with Crippen molar-refractivity contribution in [3.63, 3.8) is 0 Å². The molecular weight excluding hydrogens is 402 g/mol. The summed E-state index contributed by atoms with van der Waals surface area (Å²) in [5.74, 6) is 1.16. The lowest BCUT2D eigenvalue weighted by Gasteiger charge is -2.16. The van der Waals surface area contributed by atoms with Crippen LogP contribution in [0, 0.1) is 0 Å². The van der Waals surface area contributed by atoms with Crippen molar-refractivity contribution in [2.24, 2.45) is 0 Å². The molecule has 0 bridgehead atoms. The number of aromatic nitrogens is 4. The SMILES string of the molecule is OC[C@H]1O[C@@H](n2cnc3c(NCCOc4ccccc4)nc(Cl)nc32)[C@H](O)[C@@H]1O. The molecule has 1 fully saturated rings. The van der Waals surface area contributed by atoms with Gasteiger partial charge >= 0.3 is 0 Å². The van der Waals surface area contributed by atoms with Gasteiger partial charge in [-0.15, -0.1) is 0 Å². The molecule has 0 aliphatic carbocycles. The molecule has 1 aliphatic heterocycles. The van der Waals surface area contributed by atoms with E-state index in [1.165, 1.54) is 10.9 Å². The summed E-state index contributed by atoms with van der Waals surface area (Å²) in [7, 11) is 0. The third-order valence-electron chi connectivity index (χ3n) is 4.59. The highest BCUT2D eigenvalue weighted by Gasteiger charge is 2.44. The minimum Gasteiger partial charge on any atom is -0.492 e. The second-order valence-electron chi connectivity index (χ2n) is 6.48. The fraction of sp³-hybridized carbons (Fsp3) is 0.389. The van der Waals surface area contributed by atoms with Gasteiger partial charge in [0.05, 0.1) is 19.5 Å². The van der Waals surface area contributed by atoms with Crippen LogP contribution in [0.2, 0.25) is 5.28 Å². The number of hydrogen-bond donors (Lipinski definition) is 4. The zero-order valence-electron chi connectivity index (χ0n) is 15.2. The first-order valence-corrected chi connectivity index (χ1v) is 9.40. The van der Waals surface area contributed by atoms with Crippen LogP contribution < -0.4 is 10.1 Å². The van der Waals surface area contributed by atoms with Gasteiger partial charge in [0.15, 0.2) is 23.2 Å². The van der Waals surface area contributed by atoms with E-state index in [1.54, 1.807) is 0 Å². The summed E-state index contributed by atoms with van der Waals surface area (Å²) >= 11 is 6.06. The molecule has 0 unspecified atom stereocenters. The Kier molecular flexibility index (Phi) is 5.79. The van der Waals surface area contributed by atoms with Crippen LogP contribution in [0.15, 0.2) is 36.7 Å². The predicted octanol–water partition coefficient (Wildman–Crippen LogP) is 0.582. The number of benzene rings is 1. The fourth-order valence-electron chi connectivity index (χ4n) is 3.16. The van der Waals surface area contributed by atoms with E-state index in [-0.39, 0.29) is 5.28 Å². The third-order valence-corrected chi connectivity index (χ3v) is 4.76. The van der Waals surface area contributed by atoms with Gasteiger partial charge in [0.1, 0.15) is 30.7 Å². The molecule has 1 aromatic carbocycles. The maximum Gasteiger partial charge on any atom is 0.226 e. The standard InChI is InChI=1S/C18H20ClN5O5/c19-18-22-15(20-6-7-28-10-4-2-1-3-5-10)12-16(23-18)24(9-21-12)17-14(27)13(26)11(8-25)29-17/h1-5,9,11,13-14,17,25-27H,6-8H2,(H,20,22,23)/t11-,13-,14-,17-/m1/s1. The molecule has 1 saturated heterocycles. The summed E-state index contributed by atoms with van der Waals surface area (Å²) in [6, 6.07) is 9.42. The summed E-state index contributed by atoms with van der Waals surface area (Å²) in [4.78, 5) is 12.6. The lowest BCUT2D eigenvalue weighted by molar-refractivity contribution is -0.0511. The number of aliphatic hydroxyl groups is 3. The first kappa shape index (κ1) is 19.8. The summed E-state index contributed by atoms with van der Waals surface area (Å²) < 4.78 is 12.6. The van der Waals surface area contributed by atoms with Crippen molar-refractivity contribution >= 4 is 28.6 Å². The van der Waals surface area contributed by atoms with E-state index < -0.39 is 31.1 Å². The fourth-order valence-corrected chi connectivity index (χ4v) is 3.33. The van der Waals surface area contributed by atoms with Gasteiger partial charge in [-0.05, 0) is 23.7 Å². The lowest BCUT2D eigenvalue weighted by atomic mass is 10.1. The molecule has 0 spiro atoms. The quantitative estimate of drug-likeness (QED) is 0.319. The predicted molar refractivity (Wildman–Crippen MR) is 104 cm³/mol. The second kappa shape index (κ2) is 8.47. The molecule has 0 amide bonds. The van der Waals surface area contributed by atoms with Gasteiger partial charge in [0.2, 0.25) is 5.28 Å². The third kappa shape index (κ3) is 3.98. The summed E-state index contributed by atoms with van der Waals surface area (Å²) in [5.41, 5.74) is 0.748. The van der Waals surface area contributed by atoms with E-state index in [9.17, 15) is 15.3 Å². The van der Waals surface area contributed by atoms with Gasteiger partial charge in [0, 0.05) is 0 Å². The Labute approximate surface area is 170 Å². The largest absolute Gasteiger partial charge is 0.492 e. The Hall–Kier alpha value is -2.50. The maximum absolute atomic E-state index is 10.3. The van der Waals surface area contributed by atoms with Gasteiger partial charge in [-0.1, -0.05) is 18.2 Å². The Morgan fingerprint density at radius 2 is 1.97 bits per heavy atom. The highest BCUT2D eigenvalue weighted by atomic mass is 35.5. The number of imidazole rings is 1. The van der Waals surface area contributed by atoms with Crippen LogP contribution in [-0.2, 0) is 4.74 Å². The number of nitrogens with zero attached hydrogens (tertiary/aromatic N) is 4. The molecule has 11 heteroatoms. The van der Waals surface area contributed by atoms with E-state index in [2.05, 4.69) is 20.3 Å². The van der Waals surface area contributed by atoms with Gasteiger partial charge in [-0.3, -0.25) is 4.57 Å². The molecule has 2 aromatic heterocycles. The van der Waals surface area contributed by atoms with Gasteiger partial charge in [0.25, 0.3) is 0 Å². The van der Waals surface area contributed by atoms with Crippen LogP contribution in [0.25, 0.3) is 11.2 Å². The van der Waals surface area contributed by atoms with Crippen molar-refractivity contribution in [1.82, 2.24) is 19.5 Å². The van der Waals surface area contributed by atoms with Crippen molar-refractivity contribution in [1.29, 1.82) is 0 Å². The topological polar surface area (TPSA) is 135 Å². The minimum atomic E-state index is -1.26. The number of aliphatic hydroxyl groups excluding tert-OH is 3. The number of hydrogen-bond acceptors (Lipinski definition) is 9. The Morgan fingerprint density at radius 1 is 1.17 bits per heavy atom. The zero-order chi connectivity index (χ0) is 20.4. The number of fused-ring (bicyclic) bond motifs is 1. The van der Waals surface area contributed by atoms with Crippen molar-refractivity contribution < 1.29 is 24.8 Å². The average molecular weight is 422 g/mol. The van der Waals surface area contributed by atoms with Gasteiger partial charge in [-0.2, -0.15) is 9.97 Å². The van der Waals surface area contributed by atoms with Crippen LogP contribution >= 0.6 is 11.6 Å². The first-order chi connectivity index (χ1) is 14.1. The van der Waals surface area contributed by atoms with E-state index in [4.69, 9.17) is 21.1 Å². The molecule has 10 nitrogen and oxygen atoms in total. The Balaban J connectivity index is 1.51. The van der Waals surface area contributed by atoms with Crippen LogP contribution in [0.4, 0.5) is 5.82 Å². The number of anilines is 1. The molecule has 4 atom stereocenters. The van der Waals surface area contributed by atoms with Gasteiger partial charge in [-0.25, -0.2) is 4.98 Å². The highest BCUT2D eigenvalue weighted by Crippen LogP contribution is 2.32. The Bertz CT molecular complexity index is 972. The molecule has 154 valence electrons. The monoisotopic (exact) mass is 421 g/mol. The Morgan fingerprint density at radius 3 is 2.69 bits per heavy atom. The molecule has 4 N–H and O–H groups in total. The molecular formula is C18H20ClN5O5. The number of nitrogens with one attached hydrogen (secondary N) is 1. The molecule has 4 rings (SSSR count). The van der Waals surface area contributed by atoms with E-state index >= 15 is 0 Å². The minimum absolute atomic E-state index is 0.0162. The first-order valence-electron chi connectivity index (χ1n) is 9.02. The summed E-state index contributed by atoms with van der Waals surface area (Å²) in [6.07, 6.45) is -2.94. The number of rotatable bonds is 7. The molecule has 0 radical (unpaired) electrons. The van der Waals surface area contributed by atoms with Crippen LogP contribution in [0.1, 0.15) is 6.23 Å². The van der Waals surface area contributed by atoms with E-state index in [1.807, 2.05) is 30.3 Å². The van der Waals surface area contributed by atoms with Crippen molar-refractivity contribution in [2.75, 3.05) is 25.1 Å². The molecule has 3 heterocycles. The summed E-state index contributed by atoms with van der Waals surface area (Å²) in [5, 5.41) is 32.6.